The van der Waals surface area contributed by atoms with Crippen molar-refractivity contribution in [1.82, 2.24) is 19.9 Å². The number of ether oxygens (including phenoxy) is 2. The largest absolute Gasteiger partial charge is 0.479 e. The quantitative estimate of drug-likeness (QED) is 0.233. The molecule has 56 heavy (non-hydrogen) atoms. The van der Waals surface area contributed by atoms with Crippen molar-refractivity contribution in [2.75, 3.05) is 73.7 Å². The summed E-state index contributed by atoms with van der Waals surface area (Å²) in [5.41, 5.74) is 8.37. The number of hydrogen-bond donors (Lipinski definition) is 1. The SMILES string of the molecule is Cc1nc(CN2CCC3(CCC3)CC2)c(-c2ccc3c(c2)CCN(c2nccc(N4CCOCC4)n2)C3)c(N2CCC(C)(C)CC2)c1[C@H](OC(C)(C)C)C(=O)O. The molecule has 11 nitrogen and oxygen atoms in total. The average Bonchev–Trinajstić information content (AvgIpc) is 3.16. The molecular weight excluding hydrogens is 703 g/mol. The number of fused-ring (bicyclic) bond motifs is 1. The number of aliphatic carboxylic acids is 1. The molecule has 5 aliphatic rings. The van der Waals surface area contributed by atoms with Crippen molar-refractivity contribution in [1.29, 1.82) is 0 Å². The van der Waals surface area contributed by atoms with E-state index in [1.807, 2.05) is 40.0 Å². The molecule has 3 aromatic rings. The molecule has 1 saturated carbocycles. The molecule has 0 radical (unpaired) electrons. The van der Waals surface area contributed by atoms with Gasteiger partial charge in [-0.1, -0.05) is 38.5 Å². The molecule has 0 bridgehead atoms. The van der Waals surface area contributed by atoms with Gasteiger partial charge in [0.25, 0.3) is 0 Å². The molecule has 1 aliphatic carbocycles. The van der Waals surface area contributed by atoms with E-state index in [4.69, 9.17) is 24.4 Å². The second-order valence-corrected chi connectivity index (χ2v) is 19.0. The minimum absolute atomic E-state index is 0.226. The van der Waals surface area contributed by atoms with Gasteiger partial charge in [-0.3, -0.25) is 9.88 Å². The number of pyridine rings is 1. The molecule has 0 amide bonds. The Morgan fingerprint density at radius 3 is 2.29 bits per heavy atom. The van der Waals surface area contributed by atoms with Gasteiger partial charge in [0.05, 0.1) is 30.2 Å². The van der Waals surface area contributed by atoms with Gasteiger partial charge in [0, 0.05) is 68.8 Å². The first-order valence-corrected chi connectivity index (χ1v) is 21.2. The highest BCUT2D eigenvalue weighted by atomic mass is 16.5. The van der Waals surface area contributed by atoms with E-state index in [0.717, 1.165) is 131 Å². The number of rotatable bonds is 9. The number of piperidine rings is 2. The molecular formula is C45H63N7O4. The summed E-state index contributed by atoms with van der Waals surface area (Å²) in [6, 6.07) is 8.90. The fourth-order valence-electron chi connectivity index (χ4n) is 9.66. The smallest absolute Gasteiger partial charge is 0.337 e. The van der Waals surface area contributed by atoms with Gasteiger partial charge in [0.15, 0.2) is 6.10 Å². The summed E-state index contributed by atoms with van der Waals surface area (Å²) in [5.74, 6) is 0.738. The van der Waals surface area contributed by atoms with E-state index in [0.29, 0.717) is 11.0 Å². The number of benzene rings is 1. The van der Waals surface area contributed by atoms with Crippen LogP contribution in [0.3, 0.4) is 0 Å². The molecule has 0 unspecified atom stereocenters. The Morgan fingerprint density at radius 1 is 0.893 bits per heavy atom. The molecule has 1 atom stereocenters. The zero-order chi connectivity index (χ0) is 39.2. The molecule has 4 aliphatic heterocycles. The Bertz CT molecular complexity index is 1890. The third-order valence-corrected chi connectivity index (χ3v) is 13.3. The minimum Gasteiger partial charge on any atom is -0.479 e. The number of aromatic nitrogens is 3. The Kier molecular flexibility index (Phi) is 10.8. The maximum atomic E-state index is 13.3. The van der Waals surface area contributed by atoms with Gasteiger partial charge in [-0.05, 0) is 119 Å². The highest BCUT2D eigenvalue weighted by Gasteiger charge is 2.41. The van der Waals surface area contributed by atoms with E-state index in [1.165, 1.54) is 43.2 Å². The van der Waals surface area contributed by atoms with Gasteiger partial charge in [0.1, 0.15) is 5.82 Å². The molecule has 302 valence electrons. The lowest BCUT2D eigenvalue weighted by molar-refractivity contribution is -0.160. The van der Waals surface area contributed by atoms with Gasteiger partial charge in [-0.25, -0.2) is 9.78 Å². The first-order valence-electron chi connectivity index (χ1n) is 21.2. The first-order chi connectivity index (χ1) is 26.8. The number of carboxylic acid groups (broad SMARTS) is 1. The standard InChI is InChI=1S/C45H63N7O4/c1-31-37(40(41(53)54)56-43(2,3)4)39(51-22-14-44(5,6)15-23-51)38(35(47-31)30-49-20-16-45(17-21-49)12-7-13-45)33-8-9-34-29-52(19-11-32(34)28-33)42-46-18-10-36(48-42)50-24-26-55-27-25-50/h8-10,18,28,40H,7,11-17,19-27,29-30H2,1-6H3,(H,53,54)/t40-/m0/s1. The second kappa shape index (κ2) is 15.5. The third kappa shape index (κ3) is 8.27. The van der Waals surface area contributed by atoms with Crippen LogP contribution in [-0.2, 0) is 33.8 Å². The van der Waals surface area contributed by atoms with Crippen LogP contribution in [0.4, 0.5) is 17.5 Å². The minimum atomic E-state index is -1.15. The number of aryl methyl sites for hydroxylation is 1. The molecule has 3 saturated heterocycles. The van der Waals surface area contributed by atoms with Crippen molar-refractivity contribution in [3.8, 4) is 11.1 Å². The Morgan fingerprint density at radius 2 is 1.62 bits per heavy atom. The van der Waals surface area contributed by atoms with Crippen molar-refractivity contribution in [3.63, 3.8) is 0 Å². The van der Waals surface area contributed by atoms with Crippen molar-refractivity contribution < 1.29 is 19.4 Å². The van der Waals surface area contributed by atoms with Gasteiger partial charge in [-0.15, -0.1) is 0 Å². The topological polar surface area (TPSA) is 107 Å². The Labute approximate surface area is 333 Å². The van der Waals surface area contributed by atoms with Crippen molar-refractivity contribution in [2.24, 2.45) is 10.8 Å². The lowest BCUT2D eigenvalue weighted by Crippen LogP contribution is -2.43. The number of anilines is 3. The fraction of sp³-hybridized carbons (Fsp3) is 0.644. The molecule has 1 aromatic carbocycles. The summed E-state index contributed by atoms with van der Waals surface area (Å²) in [4.78, 5) is 38.0. The molecule has 11 heteroatoms. The molecule has 4 fully saturated rings. The average molecular weight is 766 g/mol. The number of carboxylic acids is 1. The van der Waals surface area contributed by atoms with Crippen LogP contribution in [0, 0.1) is 17.8 Å². The first kappa shape index (κ1) is 39.0. The van der Waals surface area contributed by atoms with Gasteiger partial charge in [-0.2, -0.15) is 4.98 Å². The normalized spacial score (nSPS) is 21.8. The molecule has 6 heterocycles. The lowest BCUT2D eigenvalue weighted by atomic mass is 9.63. The van der Waals surface area contributed by atoms with E-state index in [-0.39, 0.29) is 5.41 Å². The number of carbonyl (C=O) groups is 1. The van der Waals surface area contributed by atoms with E-state index >= 15 is 0 Å². The zero-order valence-electron chi connectivity index (χ0n) is 34.7. The maximum absolute atomic E-state index is 13.3. The van der Waals surface area contributed by atoms with Gasteiger partial charge < -0.3 is 29.3 Å². The summed E-state index contributed by atoms with van der Waals surface area (Å²) in [7, 11) is 0. The number of hydrogen-bond acceptors (Lipinski definition) is 10. The summed E-state index contributed by atoms with van der Waals surface area (Å²) in [6.07, 6.45) is 10.3. The predicted octanol–water partition coefficient (Wildman–Crippen LogP) is 7.58. The van der Waals surface area contributed by atoms with Crippen LogP contribution < -0.4 is 14.7 Å². The van der Waals surface area contributed by atoms with Crippen LogP contribution in [-0.4, -0.2) is 95.6 Å². The van der Waals surface area contributed by atoms with Crippen molar-refractivity contribution >= 4 is 23.4 Å². The van der Waals surface area contributed by atoms with Crippen molar-refractivity contribution in [3.05, 3.63) is 58.5 Å². The van der Waals surface area contributed by atoms with E-state index in [9.17, 15) is 9.90 Å². The summed E-state index contributed by atoms with van der Waals surface area (Å²) in [6.45, 7) is 21.8. The molecule has 1 spiro atoms. The van der Waals surface area contributed by atoms with Crippen LogP contribution in [0.1, 0.15) is 114 Å². The monoisotopic (exact) mass is 765 g/mol. The number of morpholine rings is 1. The predicted molar refractivity (Wildman–Crippen MR) is 221 cm³/mol. The molecule has 8 rings (SSSR count). The summed E-state index contributed by atoms with van der Waals surface area (Å²) in [5, 5.41) is 10.9. The summed E-state index contributed by atoms with van der Waals surface area (Å²) >= 11 is 0. The third-order valence-electron chi connectivity index (χ3n) is 13.3. The van der Waals surface area contributed by atoms with Crippen LogP contribution in [0.5, 0.6) is 0 Å². The van der Waals surface area contributed by atoms with Crippen LogP contribution in [0.2, 0.25) is 0 Å². The van der Waals surface area contributed by atoms with E-state index in [1.54, 1.807) is 0 Å². The Balaban J connectivity index is 1.20. The van der Waals surface area contributed by atoms with Gasteiger partial charge in [0.2, 0.25) is 5.95 Å². The van der Waals surface area contributed by atoms with Crippen LogP contribution >= 0.6 is 0 Å². The van der Waals surface area contributed by atoms with Crippen LogP contribution in [0.15, 0.2) is 30.5 Å². The number of likely N-dealkylation sites (tertiary alicyclic amines) is 1. The Hall–Kier alpha value is -3.80. The van der Waals surface area contributed by atoms with Gasteiger partial charge >= 0.3 is 5.97 Å². The van der Waals surface area contributed by atoms with Crippen LogP contribution in [0.25, 0.3) is 11.1 Å². The fourth-order valence-corrected chi connectivity index (χ4v) is 9.66. The number of nitrogens with zero attached hydrogens (tertiary/aromatic N) is 7. The maximum Gasteiger partial charge on any atom is 0.337 e. The summed E-state index contributed by atoms with van der Waals surface area (Å²) < 4.78 is 12.0. The van der Waals surface area contributed by atoms with Crippen molar-refractivity contribution in [2.45, 2.75) is 118 Å². The highest BCUT2D eigenvalue weighted by molar-refractivity contribution is 5.88. The zero-order valence-corrected chi connectivity index (χ0v) is 34.7. The van der Waals surface area contributed by atoms with E-state index in [2.05, 4.69) is 51.6 Å². The highest BCUT2D eigenvalue weighted by Crippen LogP contribution is 2.50. The molecule has 2 aromatic heterocycles. The second-order valence-electron chi connectivity index (χ2n) is 19.0. The molecule has 1 N–H and O–H groups in total. The van der Waals surface area contributed by atoms with E-state index < -0.39 is 17.7 Å². The lowest BCUT2D eigenvalue weighted by Gasteiger charge is -2.48.